The Hall–Kier alpha value is -1.88. The summed E-state index contributed by atoms with van der Waals surface area (Å²) in [5, 5.41) is 7.62. The van der Waals surface area contributed by atoms with Crippen LogP contribution >= 0.6 is 0 Å². The Morgan fingerprint density at radius 1 is 1.30 bits per heavy atom. The number of benzene rings is 1. The molecule has 0 saturated carbocycles. The Labute approximate surface area is 118 Å². The maximum absolute atomic E-state index is 12.7. The third-order valence-corrected chi connectivity index (χ3v) is 3.32. The first-order valence-corrected chi connectivity index (χ1v) is 6.77. The van der Waals surface area contributed by atoms with Gasteiger partial charge in [-0.15, -0.1) is 0 Å². The molecule has 2 rings (SSSR count). The van der Waals surface area contributed by atoms with Crippen LogP contribution in [0.2, 0.25) is 0 Å². The minimum Gasteiger partial charge on any atom is -0.492 e. The van der Waals surface area contributed by atoms with Crippen molar-refractivity contribution >= 4 is 0 Å². The second-order valence-electron chi connectivity index (χ2n) is 4.77. The van der Waals surface area contributed by atoms with Gasteiger partial charge in [0, 0.05) is 25.0 Å². The summed E-state index contributed by atoms with van der Waals surface area (Å²) in [6.45, 7) is 5.50. The van der Waals surface area contributed by atoms with E-state index in [-0.39, 0.29) is 17.9 Å². The lowest BCUT2D eigenvalue weighted by Gasteiger charge is -2.21. The molecule has 20 heavy (non-hydrogen) atoms. The van der Waals surface area contributed by atoms with Crippen molar-refractivity contribution in [2.24, 2.45) is 0 Å². The molecule has 108 valence electrons. The summed E-state index contributed by atoms with van der Waals surface area (Å²) in [5.41, 5.74) is 0. The number of nitrogens with one attached hydrogen (secondary N) is 1. The maximum Gasteiger partial charge on any atom is 0.123 e. The first-order chi connectivity index (χ1) is 9.66. The molecular formula is C15H20FN3O. The summed E-state index contributed by atoms with van der Waals surface area (Å²) in [5.74, 6) is 0.429. The number of aromatic nitrogens is 2. The average molecular weight is 277 g/mol. The molecule has 0 aliphatic carbocycles. The van der Waals surface area contributed by atoms with Gasteiger partial charge in [0.1, 0.15) is 18.2 Å². The van der Waals surface area contributed by atoms with E-state index < -0.39 is 0 Å². The van der Waals surface area contributed by atoms with Crippen molar-refractivity contribution in [3.05, 3.63) is 48.5 Å². The molecule has 0 spiro atoms. The highest BCUT2D eigenvalue weighted by molar-refractivity contribution is 5.21. The molecular weight excluding hydrogens is 257 g/mol. The van der Waals surface area contributed by atoms with Gasteiger partial charge in [0.05, 0.1) is 6.04 Å². The third-order valence-electron chi connectivity index (χ3n) is 3.32. The molecule has 0 aliphatic rings. The lowest BCUT2D eigenvalue weighted by Crippen LogP contribution is -2.36. The molecule has 0 fully saturated rings. The van der Waals surface area contributed by atoms with Crippen molar-refractivity contribution in [3.8, 4) is 5.75 Å². The van der Waals surface area contributed by atoms with E-state index in [9.17, 15) is 4.39 Å². The van der Waals surface area contributed by atoms with Gasteiger partial charge in [0.25, 0.3) is 0 Å². The molecule has 4 nitrogen and oxygen atoms in total. The summed E-state index contributed by atoms with van der Waals surface area (Å²) in [4.78, 5) is 0. The van der Waals surface area contributed by atoms with Crippen LogP contribution in [0.1, 0.15) is 19.9 Å². The molecule has 5 heteroatoms. The fourth-order valence-electron chi connectivity index (χ4n) is 1.91. The normalized spacial score (nSPS) is 13.9. The molecule has 0 radical (unpaired) electrons. The van der Waals surface area contributed by atoms with Gasteiger partial charge in [-0.05, 0) is 44.2 Å². The Morgan fingerprint density at radius 3 is 2.70 bits per heavy atom. The van der Waals surface area contributed by atoms with Gasteiger partial charge in [-0.1, -0.05) is 0 Å². The van der Waals surface area contributed by atoms with Crippen molar-refractivity contribution in [1.29, 1.82) is 0 Å². The molecule has 0 amide bonds. The van der Waals surface area contributed by atoms with Gasteiger partial charge in [-0.2, -0.15) is 5.10 Å². The van der Waals surface area contributed by atoms with Crippen LogP contribution in [-0.2, 0) is 0 Å². The van der Waals surface area contributed by atoms with Crippen LogP contribution in [0.5, 0.6) is 5.75 Å². The van der Waals surface area contributed by atoms with E-state index in [0.717, 1.165) is 6.54 Å². The molecule has 0 saturated heterocycles. The summed E-state index contributed by atoms with van der Waals surface area (Å²) in [6.07, 6.45) is 3.73. The molecule has 2 aromatic rings. The van der Waals surface area contributed by atoms with E-state index in [0.29, 0.717) is 12.4 Å². The number of hydrogen-bond donors (Lipinski definition) is 1. The van der Waals surface area contributed by atoms with Crippen molar-refractivity contribution in [2.45, 2.75) is 25.9 Å². The first kappa shape index (κ1) is 14.5. The highest BCUT2D eigenvalue weighted by Crippen LogP contribution is 2.11. The van der Waals surface area contributed by atoms with Crippen LogP contribution in [0.4, 0.5) is 4.39 Å². The monoisotopic (exact) mass is 277 g/mol. The van der Waals surface area contributed by atoms with Gasteiger partial charge in [-0.25, -0.2) is 4.39 Å². The highest BCUT2D eigenvalue weighted by atomic mass is 19.1. The zero-order valence-electron chi connectivity index (χ0n) is 11.8. The molecule has 0 aliphatic heterocycles. The molecule has 0 unspecified atom stereocenters. The van der Waals surface area contributed by atoms with Crippen LogP contribution in [-0.4, -0.2) is 29.0 Å². The van der Waals surface area contributed by atoms with Crippen molar-refractivity contribution < 1.29 is 9.13 Å². The summed E-state index contributed by atoms with van der Waals surface area (Å²) in [7, 11) is 0. The van der Waals surface area contributed by atoms with E-state index in [1.165, 1.54) is 12.1 Å². The maximum atomic E-state index is 12.7. The summed E-state index contributed by atoms with van der Waals surface area (Å²) >= 11 is 0. The summed E-state index contributed by atoms with van der Waals surface area (Å²) < 4.78 is 20.2. The topological polar surface area (TPSA) is 39.1 Å². The molecule has 1 aromatic carbocycles. The van der Waals surface area contributed by atoms with Crippen LogP contribution in [0.3, 0.4) is 0 Å². The number of ether oxygens (including phenoxy) is 1. The molecule has 2 atom stereocenters. The van der Waals surface area contributed by atoms with E-state index in [1.54, 1.807) is 18.3 Å². The zero-order valence-corrected chi connectivity index (χ0v) is 11.8. The lowest BCUT2D eigenvalue weighted by molar-refractivity contribution is 0.288. The minimum atomic E-state index is -0.253. The number of hydrogen-bond acceptors (Lipinski definition) is 3. The fraction of sp³-hybridized carbons (Fsp3) is 0.400. The van der Waals surface area contributed by atoms with Crippen LogP contribution in [0.25, 0.3) is 0 Å². The molecule has 1 aromatic heterocycles. The SMILES string of the molecule is C[C@@H](NCCOc1ccc(F)cc1)[C@H](C)n1cccn1. The number of nitrogens with zero attached hydrogens (tertiary/aromatic N) is 2. The van der Waals surface area contributed by atoms with E-state index in [1.807, 2.05) is 16.9 Å². The van der Waals surface area contributed by atoms with Crippen LogP contribution < -0.4 is 10.1 Å². The van der Waals surface area contributed by atoms with Crippen LogP contribution in [0, 0.1) is 5.82 Å². The van der Waals surface area contributed by atoms with Crippen LogP contribution in [0.15, 0.2) is 42.7 Å². The standard InChI is InChI=1S/C15H20FN3O/c1-12(13(2)19-10-3-8-18-19)17-9-11-20-15-6-4-14(16)5-7-15/h3-8,10,12-13,17H,9,11H2,1-2H3/t12-,13+/m1/s1. The summed E-state index contributed by atoms with van der Waals surface area (Å²) in [6, 6.07) is 8.52. The number of rotatable bonds is 7. The molecule has 0 bridgehead atoms. The second kappa shape index (κ2) is 7.05. The predicted molar refractivity (Wildman–Crippen MR) is 76.3 cm³/mol. The van der Waals surface area contributed by atoms with Crippen molar-refractivity contribution in [1.82, 2.24) is 15.1 Å². The average Bonchev–Trinajstić information content (AvgIpc) is 2.98. The lowest BCUT2D eigenvalue weighted by atomic mass is 10.2. The van der Waals surface area contributed by atoms with E-state index in [2.05, 4.69) is 24.3 Å². The predicted octanol–water partition coefficient (Wildman–Crippen LogP) is 2.64. The Kier molecular flexibility index (Phi) is 5.12. The van der Waals surface area contributed by atoms with Gasteiger partial charge >= 0.3 is 0 Å². The third kappa shape index (κ3) is 4.06. The first-order valence-electron chi connectivity index (χ1n) is 6.77. The quantitative estimate of drug-likeness (QED) is 0.791. The van der Waals surface area contributed by atoms with Gasteiger partial charge in [0.2, 0.25) is 0 Å². The Balaban J connectivity index is 1.69. The second-order valence-corrected chi connectivity index (χ2v) is 4.77. The Bertz CT molecular complexity index is 498. The van der Waals surface area contributed by atoms with E-state index in [4.69, 9.17) is 4.74 Å². The largest absolute Gasteiger partial charge is 0.492 e. The van der Waals surface area contributed by atoms with Crippen molar-refractivity contribution in [3.63, 3.8) is 0 Å². The van der Waals surface area contributed by atoms with Gasteiger partial charge < -0.3 is 10.1 Å². The number of halogens is 1. The van der Waals surface area contributed by atoms with E-state index >= 15 is 0 Å². The Morgan fingerprint density at radius 2 is 2.05 bits per heavy atom. The highest BCUT2D eigenvalue weighted by Gasteiger charge is 2.12. The fourth-order valence-corrected chi connectivity index (χ4v) is 1.91. The van der Waals surface area contributed by atoms with Gasteiger partial charge in [0.15, 0.2) is 0 Å². The molecule has 1 N–H and O–H groups in total. The smallest absolute Gasteiger partial charge is 0.123 e. The van der Waals surface area contributed by atoms with Gasteiger partial charge in [-0.3, -0.25) is 4.68 Å². The van der Waals surface area contributed by atoms with Crippen molar-refractivity contribution in [2.75, 3.05) is 13.2 Å². The molecule has 1 heterocycles. The zero-order chi connectivity index (χ0) is 14.4. The minimum absolute atomic E-state index is 0.253.